The maximum absolute atomic E-state index is 12.5. The molecule has 2 N–H and O–H groups in total. The van der Waals surface area contributed by atoms with Gasteiger partial charge >= 0.3 is 0 Å². The molecule has 3 rings (SSSR count). The summed E-state index contributed by atoms with van der Waals surface area (Å²) in [5, 5.41) is 3.29. The molecule has 0 spiro atoms. The van der Waals surface area contributed by atoms with Gasteiger partial charge in [-0.1, -0.05) is 0 Å². The minimum absolute atomic E-state index is 0.198. The molecule has 0 radical (unpaired) electrons. The SMILES string of the molecule is CSCc1nc2sc(C(=O)Nc3ccncc3)c(C)c2c(=O)[nH]1. The number of hydrogen-bond acceptors (Lipinski definition) is 6. The predicted octanol–water partition coefficient (Wildman–Crippen LogP) is 2.80. The average molecular weight is 346 g/mol. The number of pyridine rings is 1. The fourth-order valence-corrected chi connectivity index (χ4v) is 3.74. The molecular formula is C15H14N4O2S2. The monoisotopic (exact) mass is 346 g/mol. The Kier molecular flexibility index (Phi) is 4.44. The van der Waals surface area contributed by atoms with Crippen LogP contribution in [-0.2, 0) is 5.75 Å². The topological polar surface area (TPSA) is 87.7 Å². The molecule has 0 aliphatic carbocycles. The van der Waals surface area contributed by atoms with E-state index in [-0.39, 0.29) is 11.5 Å². The van der Waals surface area contributed by atoms with Crippen molar-refractivity contribution in [2.24, 2.45) is 0 Å². The molecular weight excluding hydrogens is 332 g/mol. The van der Waals surface area contributed by atoms with Crippen LogP contribution in [0.2, 0.25) is 0 Å². The van der Waals surface area contributed by atoms with Gasteiger partial charge in [0.15, 0.2) is 0 Å². The van der Waals surface area contributed by atoms with Crippen molar-refractivity contribution in [2.75, 3.05) is 11.6 Å². The fraction of sp³-hybridized carbons (Fsp3) is 0.200. The fourth-order valence-electron chi connectivity index (χ4n) is 2.23. The lowest BCUT2D eigenvalue weighted by molar-refractivity contribution is 0.103. The number of nitrogens with zero attached hydrogens (tertiary/aromatic N) is 2. The number of thiophene rings is 1. The highest BCUT2D eigenvalue weighted by atomic mass is 32.2. The molecule has 0 aliphatic heterocycles. The van der Waals surface area contributed by atoms with Crippen molar-refractivity contribution in [2.45, 2.75) is 12.7 Å². The molecule has 8 heteroatoms. The maximum atomic E-state index is 12.5. The molecule has 1 amide bonds. The lowest BCUT2D eigenvalue weighted by Gasteiger charge is -2.03. The summed E-state index contributed by atoms with van der Waals surface area (Å²) in [4.78, 5) is 36.9. The van der Waals surface area contributed by atoms with E-state index in [0.717, 1.165) is 0 Å². The van der Waals surface area contributed by atoms with E-state index in [4.69, 9.17) is 0 Å². The van der Waals surface area contributed by atoms with Crippen LogP contribution in [0, 0.1) is 6.92 Å². The largest absolute Gasteiger partial charge is 0.321 e. The normalized spacial score (nSPS) is 10.9. The smallest absolute Gasteiger partial charge is 0.266 e. The molecule has 0 aliphatic rings. The van der Waals surface area contributed by atoms with Gasteiger partial charge in [-0.25, -0.2) is 4.98 Å². The van der Waals surface area contributed by atoms with Gasteiger partial charge in [-0.3, -0.25) is 14.6 Å². The summed E-state index contributed by atoms with van der Waals surface area (Å²) in [6, 6.07) is 3.42. The van der Waals surface area contributed by atoms with Crippen molar-refractivity contribution in [1.29, 1.82) is 0 Å². The zero-order valence-electron chi connectivity index (χ0n) is 12.5. The molecule has 0 saturated heterocycles. The van der Waals surface area contributed by atoms with Crippen molar-refractivity contribution in [3.63, 3.8) is 0 Å². The molecule has 118 valence electrons. The number of aryl methyl sites for hydroxylation is 1. The third kappa shape index (κ3) is 3.13. The Morgan fingerprint density at radius 1 is 1.39 bits per heavy atom. The van der Waals surface area contributed by atoms with Crippen molar-refractivity contribution in [1.82, 2.24) is 15.0 Å². The maximum Gasteiger partial charge on any atom is 0.266 e. The van der Waals surface area contributed by atoms with E-state index < -0.39 is 0 Å². The van der Waals surface area contributed by atoms with Gasteiger partial charge in [0.1, 0.15) is 10.7 Å². The van der Waals surface area contributed by atoms with Crippen molar-refractivity contribution >= 4 is 44.9 Å². The lowest BCUT2D eigenvalue weighted by Crippen LogP contribution is -2.13. The van der Waals surface area contributed by atoms with Crippen LogP contribution >= 0.6 is 23.1 Å². The average Bonchev–Trinajstić information content (AvgIpc) is 2.86. The lowest BCUT2D eigenvalue weighted by atomic mass is 10.2. The first-order valence-electron chi connectivity index (χ1n) is 6.82. The van der Waals surface area contributed by atoms with Crippen LogP contribution in [0.1, 0.15) is 21.1 Å². The highest BCUT2D eigenvalue weighted by Crippen LogP contribution is 2.28. The molecule has 0 unspecified atom stereocenters. The van der Waals surface area contributed by atoms with Gasteiger partial charge in [-0.2, -0.15) is 11.8 Å². The summed E-state index contributed by atoms with van der Waals surface area (Å²) in [5.74, 6) is 1.00. The first kappa shape index (κ1) is 15.7. The Hall–Kier alpha value is -2.19. The number of aromatic nitrogens is 3. The molecule has 23 heavy (non-hydrogen) atoms. The number of rotatable bonds is 4. The van der Waals surface area contributed by atoms with E-state index in [9.17, 15) is 9.59 Å². The highest BCUT2D eigenvalue weighted by molar-refractivity contribution is 7.97. The Labute approximate surface area is 140 Å². The zero-order chi connectivity index (χ0) is 16.4. The highest BCUT2D eigenvalue weighted by Gasteiger charge is 2.19. The first-order valence-corrected chi connectivity index (χ1v) is 9.03. The van der Waals surface area contributed by atoms with E-state index in [1.165, 1.54) is 11.3 Å². The predicted molar refractivity (Wildman–Crippen MR) is 94.4 cm³/mol. The summed E-state index contributed by atoms with van der Waals surface area (Å²) in [5.41, 5.74) is 1.11. The van der Waals surface area contributed by atoms with Crippen LogP contribution in [0.4, 0.5) is 5.69 Å². The van der Waals surface area contributed by atoms with Crippen LogP contribution in [0.5, 0.6) is 0 Å². The summed E-state index contributed by atoms with van der Waals surface area (Å²) in [6.45, 7) is 1.77. The number of fused-ring (bicyclic) bond motifs is 1. The number of amides is 1. The Bertz CT molecular complexity index is 918. The Balaban J connectivity index is 2.01. The summed E-state index contributed by atoms with van der Waals surface area (Å²) >= 11 is 2.82. The van der Waals surface area contributed by atoms with Gasteiger partial charge in [0.05, 0.1) is 16.0 Å². The third-order valence-corrected chi connectivity index (χ3v) is 5.02. The Morgan fingerprint density at radius 3 is 2.83 bits per heavy atom. The number of carbonyl (C=O) groups is 1. The second-order valence-electron chi connectivity index (χ2n) is 4.87. The number of hydrogen-bond donors (Lipinski definition) is 2. The van der Waals surface area contributed by atoms with Crippen LogP contribution < -0.4 is 10.9 Å². The van der Waals surface area contributed by atoms with Gasteiger partial charge in [-0.15, -0.1) is 11.3 Å². The minimum atomic E-state index is -0.248. The van der Waals surface area contributed by atoms with Crippen LogP contribution in [0.15, 0.2) is 29.3 Å². The molecule has 0 bridgehead atoms. The molecule has 0 atom stereocenters. The van der Waals surface area contributed by atoms with Crippen molar-refractivity contribution in [3.8, 4) is 0 Å². The first-order chi connectivity index (χ1) is 11.1. The van der Waals surface area contributed by atoms with E-state index in [1.807, 2.05) is 6.26 Å². The van der Waals surface area contributed by atoms with Gasteiger partial charge in [0, 0.05) is 18.1 Å². The standard InChI is InChI=1S/C15H14N4O2S2/c1-8-11-13(20)18-10(7-22-2)19-15(11)23-12(8)14(21)17-9-3-5-16-6-4-9/h3-6H,7H2,1-2H3,(H,16,17,21)(H,18,19,20). The van der Waals surface area contributed by atoms with E-state index in [2.05, 4.69) is 20.3 Å². The van der Waals surface area contributed by atoms with Gasteiger partial charge in [0.25, 0.3) is 11.5 Å². The van der Waals surface area contributed by atoms with Gasteiger partial charge < -0.3 is 10.3 Å². The van der Waals surface area contributed by atoms with E-state index >= 15 is 0 Å². The molecule has 0 fully saturated rings. The minimum Gasteiger partial charge on any atom is -0.321 e. The summed E-state index contributed by atoms with van der Waals surface area (Å²) in [7, 11) is 0. The van der Waals surface area contributed by atoms with E-state index in [0.29, 0.717) is 37.9 Å². The molecule has 0 aromatic carbocycles. The third-order valence-electron chi connectivity index (χ3n) is 3.28. The molecule has 6 nitrogen and oxygen atoms in total. The molecule has 0 saturated carbocycles. The van der Waals surface area contributed by atoms with Gasteiger partial charge in [-0.05, 0) is 30.9 Å². The number of H-pyrrole nitrogens is 1. The molecule has 3 heterocycles. The number of nitrogens with one attached hydrogen (secondary N) is 2. The van der Waals surface area contributed by atoms with Crippen molar-refractivity contribution in [3.05, 3.63) is 51.1 Å². The number of thioether (sulfide) groups is 1. The zero-order valence-corrected chi connectivity index (χ0v) is 14.2. The van der Waals surface area contributed by atoms with E-state index in [1.54, 1.807) is 43.2 Å². The number of aromatic amines is 1. The number of carbonyl (C=O) groups excluding carboxylic acids is 1. The van der Waals surface area contributed by atoms with Crippen LogP contribution in [0.25, 0.3) is 10.2 Å². The molecule has 3 aromatic rings. The summed E-state index contributed by atoms with van der Waals surface area (Å²) in [6.07, 6.45) is 5.15. The van der Waals surface area contributed by atoms with Crippen molar-refractivity contribution < 1.29 is 4.79 Å². The second-order valence-corrected chi connectivity index (χ2v) is 6.74. The quantitative estimate of drug-likeness (QED) is 0.758. The Morgan fingerprint density at radius 2 is 2.13 bits per heavy atom. The summed E-state index contributed by atoms with van der Waals surface area (Å²) < 4.78 is 0. The van der Waals surface area contributed by atoms with Gasteiger partial charge in [0.2, 0.25) is 0 Å². The van der Waals surface area contributed by atoms with Crippen LogP contribution in [0.3, 0.4) is 0 Å². The number of anilines is 1. The second kappa shape index (κ2) is 6.51. The molecule has 3 aromatic heterocycles. The van der Waals surface area contributed by atoms with Crippen LogP contribution in [-0.4, -0.2) is 27.1 Å².